The minimum atomic E-state index is -0.589. The van der Waals surface area contributed by atoms with Gasteiger partial charge in [0.1, 0.15) is 11.0 Å². The molecule has 1 aromatic carbocycles. The van der Waals surface area contributed by atoms with Crippen LogP contribution >= 0.6 is 27.5 Å². The summed E-state index contributed by atoms with van der Waals surface area (Å²) >= 11 is 9.20. The van der Waals surface area contributed by atoms with Gasteiger partial charge in [-0.05, 0) is 23.8 Å². The quantitative estimate of drug-likeness (QED) is 0.780. The molecule has 1 heterocycles. The van der Waals surface area contributed by atoms with Crippen LogP contribution in [-0.2, 0) is 6.54 Å². The molecule has 1 amide bonds. The molecule has 0 fully saturated rings. The fraction of sp³-hybridized carbons (Fsp3) is 0.143. The third-order valence-electron chi connectivity index (χ3n) is 2.69. The van der Waals surface area contributed by atoms with E-state index in [2.05, 4.69) is 20.9 Å². The molecule has 2 rings (SSSR count). The molecule has 20 heavy (non-hydrogen) atoms. The number of hydrogen-bond donors (Lipinski definition) is 0. The van der Waals surface area contributed by atoms with E-state index in [9.17, 15) is 9.18 Å². The van der Waals surface area contributed by atoms with E-state index in [-0.39, 0.29) is 16.6 Å². The SMILES string of the molecule is CN(Cc1cccc(Br)c1)C(=O)c1cc(F)cnc1Cl. The molecule has 6 heteroatoms. The fourth-order valence-corrected chi connectivity index (χ4v) is 2.39. The lowest BCUT2D eigenvalue weighted by molar-refractivity contribution is 0.0784. The molecule has 2 aromatic rings. The Morgan fingerprint density at radius 3 is 2.90 bits per heavy atom. The number of benzene rings is 1. The Balaban J connectivity index is 2.18. The number of amides is 1. The highest BCUT2D eigenvalue weighted by Crippen LogP contribution is 2.18. The molecule has 104 valence electrons. The zero-order valence-corrected chi connectivity index (χ0v) is 12.9. The summed E-state index contributed by atoms with van der Waals surface area (Å²) in [7, 11) is 1.63. The Kier molecular flexibility index (Phi) is 4.73. The topological polar surface area (TPSA) is 33.2 Å². The lowest BCUT2D eigenvalue weighted by Gasteiger charge is -2.18. The summed E-state index contributed by atoms with van der Waals surface area (Å²) in [6, 6.07) is 8.69. The highest BCUT2D eigenvalue weighted by molar-refractivity contribution is 9.10. The molecule has 3 nitrogen and oxygen atoms in total. The third kappa shape index (κ3) is 3.55. The lowest BCUT2D eigenvalue weighted by atomic mass is 10.2. The van der Waals surface area contributed by atoms with Crippen molar-refractivity contribution in [1.29, 1.82) is 0 Å². The van der Waals surface area contributed by atoms with Gasteiger partial charge in [-0.15, -0.1) is 0 Å². The van der Waals surface area contributed by atoms with Gasteiger partial charge in [0.2, 0.25) is 0 Å². The first-order valence-electron chi connectivity index (χ1n) is 5.78. The van der Waals surface area contributed by atoms with Gasteiger partial charge in [0.25, 0.3) is 5.91 Å². The number of carbonyl (C=O) groups excluding carboxylic acids is 1. The number of pyridine rings is 1. The summed E-state index contributed by atoms with van der Waals surface area (Å²) in [6.07, 6.45) is 0.980. The molecule has 0 unspecified atom stereocenters. The highest BCUT2D eigenvalue weighted by atomic mass is 79.9. The Bertz CT molecular complexity index is 651. The van der Waals surface area contributed by atoms with Crippen molar-refractivity contribution >= 4 is 33.4 Å². The second-order valence-electron chi connectivity index (χ2n) is 4.28. The van der Waals surface area contributed by atoms with E-state index in [4.69, 9.17) is 11.6 Å². The van der Waals surface area contributed by atoms with Crippen LogP contribution < -0.4 is 0 Å². The molecule has 0 saturated heterocycles. The molecule has 0 N–H and O–H groups in total. The van der Waals surface area contributed by atoms with Gasteiger partial charge in [0.15, 0.2) is 0 Å². The van der Waals surface area contributed by atoms with E-state index < -0.39 is 5.82 Å². The molecule has 0 radical (unpaired) electrons. The average molecular weight is 358 g/mol. The van der Waals surface area contributed by atoms with Crippen LogP contribution in [-0.4, -0.2) is 22.8 Å². The van der Waals surface area contributed by atoms with Gasteiger partial charge in [0.05, 0.1) is 11.8 Å². The molecule has 0 spiro atoms. The van der Waals surface area contributed by atoms with Gasteiger partial charge in [0, 0.05) is 18.1 Å². The number of hydrogen-bond acceptors (Lipinski definition) is 2. The van der Waals surface area contributed by atoms with E-state index in [1.54, 1.807) is 7.05 Å². The van der Waals surface area contributed by atoms with Gasteiger partial charge in [-0.3, -0.25) is 4.79 Å². The van der Waals surface area contributed by atoms with Crippen LogP contribution in [0.2, 0.25) is 5.15 Å². The predicted molar refractivity (Wildman–Crippen MR) is 79.1 cm³/mol. The van der Waals surface area contributed by atoms with Gasteiger partial charge in [-0.2, -0.15) is 0 Å². The first-order chi connectivity index (χ1) is 9.47. The molecular formula is C14H11BrClFN2O. The fourth-order valence-electron chi connectivity index (χ4n) is 1.76. The van der Waals surface area contributed by atoms with Crippen LogP contribution in [0.15, 0.2) is 41.0 Å². The van der Waals surface area contributed by atoms with E-state index >= 15 is 0 Å². The first-order valence-corrected chi connectivity index (χ1v) is 6.95. The Morgan fingerprint density at radius 2 is 2.20 bits per heavy atom. The number of nitrogens with zero attached hydrogens (tertiary/aromatic N) is 2. The van der Waals surface area contributed by atoms with Crippen LogP contribution in [0.5, 0.6) is 0 Å². The summed E-state index contributed by atoms with van der Waals surface area (Å²) in [6.45, 7) is 0.394. The van der Waals surface area contributed by atoms with E-state index in [0.717, 1.165) is 22.3 Å². The zero-order chi connectivity index (χ0) is 14.7. The van der Waals surface area contributed by atoms with Crippen molar-refractivity contribution in [2.24, 2.45) is 0 Å². The highest BCUT2D eigenvalue weighted by Gasteiger charge is 2.17. The summed E-state index contributed by atoms with van der Waals surface area (Å²) in [5, 5.41) is -0.00232. The Hall–Kier alpha value is -1.46. The van der Waals surface area contributed by atoms with Crippen molar-refractivity contribution in [3.05, 3.63) is 63.1 Å². The van der Waals surface area contributed by atoms with E-state index in [1.165, 1.54) is 4.90 Å². The van der Waals surface area contributed by atoms with Crippen molar-refractivity contribution in [1.82, 2.24) is 9.88 Å². The molecule has 0 saturated carbocycles. The lowest BCUT2D eigenvalue weighted by Crippen LogP contribution is -2.26. The second-order valence-corrected chi connectivity index (χ2v) is 5.56. The standard InChI is InChI=1S/C14H11BrClFN2O/c1-19(8-9-3-2-4-10(15)5-9)14(20)12-6-11(17)7-18-13(12)16/h2-7H,8H2,1H3. The predicted octanol–water partition coefficient (Wildman–Crippen LogP) is 3.91. The van der Waals surface area contributed by atoms with Crippen molar-refractivity contribution in [3.8, 4) is 0 Å². The maximum atomic E-state index is 13.2. The summed E-state index contributed by atoms with van der Waals surface area (Å²) < 4.78 is 14.1. The second kappa shape index (κ2) is 6.33. The van der Waals surface area contributed by atoms with Gasteiger partial charge >= 0.3 is 0 Å². The minimum Gasteiger partial charge on any atom is -0.337 e. The summed E-state index contributed by atoms with van der Waals surface area (Å²) in [5.74, 6) is -0.962. The van der Waals surface area contributed by atoms with Crippen molar-refractivity contribution in [2.45, 2.75) is 6.54 Å². The maximum Gasteiger partial charge on any atom is 0.257 e. The van der Waals surface area contributed by atoms with Crippen LogP contribution in [0.3, 0.4) is 0 Å². The number of carbonyl (C=O) groups is 1. The average Bonchev–Trinajstić information content (AvgIpc) is 2.40. The molecule has 0 atom stereocenters. The molecular weight excluding hydrogens is 347 g/mol. The zero-order valence-electron chi connectivity index (χ0n) is 10.6. The van der Waals surface area contributed by atoms with Crippen molar-refractivity contribution in [3.63, 3.8) is 0 Å². The Labute approximate surface area is 129 Å². The smallest absolute Gasteiger partial charge is 0.257 e. The van der Waals surface area contributed by atoms with Crippen LogP contribution in [0.1, 0.15) is 15.9 Å². The molecule has 0 aliphatic carbocycles. The number of halogens is 3. The largest absolute Gasteiger partial charge is 0.337 e. The van der Waals surface area contributed by atoms with Crippen LogP contribution in [0.4, 0.5) is 4.39 Å². The van der Waals surface area contributed by atoms with Gasteiger partial charge < -0.3 is 4.90 Å². The minimum absolute atomic E-state index is 0.00232. The first kappa shape index (κ1) is 14.9. The summed E-state index contributed by atoms with van der Waals surface area (Å²) in [5.41, 5.74) is 1.01. The van der Waals surface area contributed by atoms with Gasteiger partial charge in [-0.25, -0.2) is 9.37 Å². The Morgan fingerprint density at radius 1 is 1.45 bits per heavy atom. The number of rotatable bonds is 3. The van der Waals surface area contributed by atoms with Gasteiger partial charge in [-0.1, -0.05) is 39.7 Å². The van der Waals surface area contributed by atoms with Crippen molar-refractivity contribution in [2.75, 3.05) is 7.05 Å². The van der Waals surface area contributed by atoms with Crippen LogP contribution in [0, 0.1) is 5.82 Å². The maximum absolute atomic E-state index is 13.2. The third-order valence-corrected chi connectivity index (χ3v) is 3.49. The van der Waals surface area contributed by atoms with E-state index in [1.807, 2.05) is 24.3 Å². The van der Waals surface area contributed by atoms with Crippen molar-refractivity contribution < 1.29 is 9.18 Å². The molecule has 0 bridgehead atoms. The normalized spacial score (nSPS) is 10.4. The number of aromatic nitrogens is 1. The molecule has 0 aliphatic heterocycles. The summed E-state index contributed by atoms with van der Waals surface area (Å²) in [4.78, 5) is 17.3. The molecule has 1 aromatic heterocycles. The van der Waals surface area contributed by atoms with Crippen LogP contribution in [0.25, 0.3) is 0 Å². The van der Waals surface area contributed by atoms with E-state index in [0.29, 0.717) is 6.54 Å². The monoisotopic (exact) mass is 356 g/mol. The molecule has 0 aliphatic rings.